The van der Waals surface area contributed by atoms with Gasteiger partial charge in [-0.25, -0.2) is 14.1 Å². The zero-order valence-electron chi connectivity index (χ0n) is 15.0. The summed E-state index contributed by atoms with van der Waals surface area (Å²) in [6.07, 6.45) is 3.01. The fraction of sp³-hybridized carbons (Fsp3) is 0.278. The molecule has 1 aromatic carbocycles. The van der Waals surface area contributed by atoms with Gasteiger partial charge >= 0.3 is 0 Å². The van der Waals surface area contributed by atoms with Crippen LogP contribution in [0, 0.1) is 5.82 Å². The summed E-state index contributed by atoms with van der Waals surface area (Å²) in [6, 6.07) is 9.92. The van der Waals surface area contributed by atoms with Crippen molar-refractivity contribution >= 4 is 23.5 Å². The maximum Gasteiger partial charge on any atom is 0.233 e. The average Bonchev–Trinajstić information content (AvgIpc) is 3.28. The molecule has 4 rings (SSSR count). The minimum absolute atomic E-state index is 0.0848. The molecular weight excluding hydrogens is 381 g/mol. The molecule has 3 aromatic rings. The van der Waals surface area contributed by atoms with Crippen LogP contribution in [-0.2, 0) is 4.79 Å². The number of amides is 1. The highest BCUT2D eigenvalue weighted by molar-refractivity contribution is 8.00. The fourth-order valence-corrected chi connectivity index (χ4v) is 3.69. The van der Waals surface area contributed by atoms with Gasteiger partial charge in [0, 0.05) is 31.1 Å². The number of rotatable bonds is 5. The Balaban J connectivity index is 1.28. The summed E-state index contributed by atoms with van der Waals surface area (Å²) in [5.74, 6) is 1.54. The number of aromatic nitrogens is 5. The van der Waals surface area contributed by atoms with Crippen molar-refractivity contribution in [3.63, 3.8) is 0 Å². The lowest BCUT2D eigenvalue weighted by molar-refractivity contribution is -0.128. The van der Waals surface area contributed by atoms with Gasteiger partial charge in [0.2, 0.25) is 5.91 Å². The highest BCUT2D eigenvalue weighted by Crippen LogP contribution is 2.20. The van der Waals surface area contributed by atoms with Crippen LogP contribution in [0.4, 0.5) is 10.2 Å². The lowest BCUT2D eigenvalue weighted by atomic mass is 10.3. The third kappa shape index (κ3) is 4.28. The van der Waals surface area contributed by atoms with Crippen LogP contribution in [0.15, 0.2) is 53.9 Å². The standard InChI is InChI=1S/C18H18FN7OS/c19-14-1-3-15(4-2-14)28-11-18(27)25-9-7-24(8-10-25)16-5-6-17(23-22-16)26-13-20-12-21-26/h1-6,12-13H,7-11H2. The Bertz CT molecular complexity index is 910. The Hall–Kier alpha value is -3.01. The van der Waals surface area contributed by atoms with Crippen molar-refractivity contribution in [2.24, 2.45) is 0 Å². The highest BCUT2D eigenvalue weighted by atomic mass is 32.2. The van der Waals surface area contributed by atoms with Crippen molar-refractivity contribution < 1.29 is 9.18 Å². The van der Waals surface area contributed by atoms with Gasteiger partial charge in [-0.15, -0.1) is 22.0 Å². The van der Waals surface area contributed by atoms with Crippen molar-refractivity contribution in [2.45, 2.75) is 4.90 Å². The average molecular weight is 399 g/mol. The molecule has 1 aliphatic heterocycles. The van der Waals surface area contributed by atoms with E-state index < -0.39 is 0 Å². The molecule has 0 saturated carbocycles. The quantitative estimate of drug-likeness (QED) is 0.604. The molecule has 2 aromatic heterocycles. The zero-order chi connectivity index (χ0) is 19.3. The maximum atomic E-state index is 12.9. The minimum Gasteiger partial charge on any atom is -0.352 e. The summed E-state index contributed by atoms with van der Waals surface area (Å²) in [7, 11) is 0. The molecule has 1 saturated heterocycles. The Morgan fingerprint density at radius 2 is 1.71 bits per heavy atom. The first-order chi connectivity index (χ1) is 13.7. The molecule has 1 amide bonds. The zero-order valence-corrected chi connectivity index (χ0v) is 15.8. The molecule has 28 heavy (non-hydrogen) atoms. The molecule has 0 radical (unpaired) electrons. The fourth-order valence-electron chi connectivity index (χ4n) is 2.89. The van der Waals surface area contributed by atoms with E-state index in [2.05, 4.69) is 25.2 Å². The Morgan fingerprint density at radius 1 is 1.00 bits per heavy atom. The molecule has 8 nitrogen and oxygen atoms in total. The van der Waals surface area contributed by atoms with Gasteiger partial charge in [0.05, 0.1) is 5.75 Å². The Kier molecular flexibility index (Phi) is 5.47. The second-order valence-electron chi connectivity index (χ2n) is 6.20. The number of hydrogen-bond donors (Lipinski definition) is 0. The van der Waals surface area contributed by atoms with Crippen molar-refractivity contribution in [1.82, 2.24) is 29.9 Å². The summed E-state index contributed by atoms with van der Waals surface area (Å²) in [5, 5.41) is 12.5. The van der Waals surface area contributed by atoms with E-state index in [0.717, 1.165) is 10.7 Å². The number of benzene rings is 1. The van der Waals surface area contributed by atoms with Crippen LogP contribution in [0.1, 0.15) is 0 Å². The van der Waals surface area contributed by atoms with Crippen LogP contribution in [0.3, 0.4) is 0 Å². The van der Waals surface area contributed by atoms with E-state index in [0.29, 0.717) is 37.7 Å². The van der Waals surface area contributed by atoms with E-state index in [9.17, 15) is 9.18 Å². The lowest BCUT2D eigenvalue weighted by Gasteiger charge is -2.35. The predicted molar refractivity (Wildman–Crippen MR) is 103 cm³/mol. The smallest absolute Gasteiger partial charge is 0.233 e. The maximum absolute atomic E-state index is 12.9. The van der Waals surface area contributed by atoms with E-state index in [-0.39, 0.29) is 11.7 Å². The number of piperazine rings is 1. The van der Waals surface area contributed by atoms with Gasteiger partial charge in [-0.3, -0.25) is 4.79 Å². The third-order valence-corrected chi connectivity index (χ3v) is 5.42. The van der Waals surface area contributed by atoms with Gasteiger partial charge < -0.3 is 9.80 Å². The van der Waals surface area contributed by atoms with Crippen LogP contribution < -0.4 is 4.90 Å². The summed E-state index contributed by atoms with van der Waals surface area (Å²) >= 11 is 1.42. The van der Waals surface area contributed by atoms with Crippen molar-refractivity contribution in [3.8, 4) is 5.82 Å². The van der Waals surface area contributed by atoms with Gasteiger partial charge in [0.1, 0.15) is 18.5 Å². The highest BCUT2D eigenvalue weighted by Gasteiger charge is 2.22. The number of hydrogen-bond acceptors (Lipinski definition) is 7. The molecule has 3 heterocycles. The molecule has 0 atom stereocenters. The first-order valence-corrected chi connectivity index (χ1v) is 9.77. The van der Waals surface area contributed by atoms with Gasteiger partial charge in [-0.2, -0.15) is 5.10 Å². The first kappa shape index (κ1) is 18.4. The van der Waals surface area contributed by atoms with E-state index in [4.69, 9.17) is 0 Å². The van der Waals surface area contributed by atoms with Crippen molar-refractivity contribution in [1.29, 1.82) is 0 Å². The van der Waals surface area contributed by atoms with Crippen LogP contribution in [0.5, 0.6) is 0 Å². The SMILES string of the molecule is O=C(CSc1ccc(F)cc1)N1CCN(c2ccc(-n3cncn3)nn2)CC1. The largest absolute Gasteiger partial charge is 0.352 e. The number of carbonyl (C=O) groups excluding carboxylic acids is 1. The first-order valence-electron chi connectivity index (χ1n) is 8.79. The number of thioether (sulfide) groups is 1. The molecule has 144 valence electrons. The lowest BCUT2D eigenvalue weighted by Crippen LogP contribution is -2.49. The summed E-state index contributed by atoms with van der Waals surface area (Å²) < 4.78 is 14.5. The summed E-state index contributed by atoms with van der Waals surface area (Å²) in [4.78, 5) is 21.2. The second-order valence-corrected chi connectivity index (χ2v) is 7.25. The molecule has 10 heteroatoms. The molecule has 0 N–H and O–H groups in total. The molecule has 1 aliphatic rings. The van der Waals surface area contributed by atoms with Crippen LogP contribution in [0.2, 0.25) is 0 Å². The van der Waals surface area contributed by atoms with E-state index in [1.165, 1.54) is 30.2 Å². The molecule has 0 spiro atoms. The van der Waals surface area contributed by atoms with Crippen LogP contribution in [-0.4, -0.2) is 67.7 Å². The predicted octanol–water partition coefficient (Wildman–Crippen LogP) is 1.64. The summed E-state index contributed by atoms with van der Waals surface area (Å²) in [5.41, 5.74) is 0. The van der Waals surface area contributed by atoms with Gasteiger partial charge in [-0.05, 0) is 36.4 Å². The summed E-state index contributed by atoms with van der Waals surface area (Å²) in [6.45, 7) is 2.67. The Labute approximate surface area is 165 Å². The number of carbonyl (C=O) groups is 1. The molecule has 0 aliphatic carbocycles. The van der Waals surface area contributed by atoms with Gasteiger partial charge in [0.15, 0.2) is 11.6 Å². The topological polar surface area (TPSA) is 80.0 Å². The van der Waals surface area contributed by atoms with Gasteiger partial charge in [0.25, 0.3) is 0 Å². The Morgan fingerprint density at radius 3 is 2.36 bits per heavy atom. The number of nitrogens with zero attached hydrogens (tertiary/aromatic N) is 7. The number of halogens is 1. The minimum atomic E-state index is -0.274. The molecule has 0 unspecified atom stereocenters. The molecule has 1 fully saturated rings. The third-order valence-electron chi connectivity index (χ3n) is 4.42. The number of anilines is 1. The monoisotopic (exact) mass is 399 g/mol. The van der Waals surface area contributed by atoms with E-state index in [1.807, 2.05) is 17.0 Å². The molecule has 0 bridgehead atoms. The van der Waals surface area contributed by atoms with E-state index in [1.54, 1.807) is 23.1 Å². The molecular formula is C18H18FN7OS. The van der Waals surface area contributed by atoms with Crippen molar-refractivity contribution in [2.75, 3.05) is 36.8 Å². The second kappa shape index (κ2) is 8.34. The van der Waals surface area contributed by atoms with Gasteiger partial charge in [-0.1, -0.05) is 0 Å². The van der Waals surface area contributed by atoms with E-state index >= 15 is 0 Å². The van der Waals surface area contributed by atoms with Crippen LogP contribution in [0.25, 0.3) is 5.82 Å². The van der Waals surface area contributed by atoms with Crippen molar-refractivity contribution in [3.05, 3.63) is 54.9 Å². The normalized spacial score (nSPS) is 14.3. The van der Waals surface area contributed by atoms with Crippen LogP contribution >= 0.6 is 11.8 Å².